The zero-order valence-corrected chi connectivity index (χ0v) is 11.5. The van der Waals surface area contributed by atoms with Gasteiger partial charge in [-0.3, -0.25) is 4.79 Å². The van der Waals surface area contributed by atoms with Crippen LogP contribution >= 0.6 is 0 Å². The van der Waals surface area contributed by atoms with E-state index in [1.54, 1.807) is 11.0 Å². The number of carbonyl (C=O) groups excluding carboxylic acids is 1. The van der Waals surface area contributed by atoms with Crippen LogP contribution in [0.15, 0.2) is 6.33 Å². The number of likely N-dealkylation sites (N-methyl/N-ethyl adjacent to an activating group) is 1. The number of tetrazole rings is 1. The molecule has 0 aliphatic carbocycles. The molecule has 1 N–H and O–H groups in total. The van der Waals surface area contributed by atoms with Crippen molar-refractivity contribution in [2.75, 3.05) is 20.1 Å². The van der Waals surface area contributed by atoms with Crippen molar-refractivity contribution in [1.29, 1.82) is 0 Å². The van der Waals surface area contributed by atoms with Crippen LogP contribution < -0.4 is 5.32 Å². The molecule has 1 amide bonds. The predicted octanol–water partition coefficient (Wildman–Crippen LogP) is 0.0538. The maximum absolute atomic E-state index is 11.7. The Morgan fingerprint density at radius 3 is 3.11 bits per heavy atom. The standard InChI is InChI=1S/C12H22N6O/c1-17-7-3-2-5-11(17)9-13-12(19)6-4-8-18-10-14-15-16-18/h10-11H,2-9H2,1H3,(H,13,19)/t11-/m0/s1. The third-order valence-electron chi connectivity index (χ3n) is 3.64. The minimum Gasteiger partial charge on any atom is -0.355 e. The highest BCUT2D eigenvalue weighted by Gasteiger charge is 2.18. The molecule has 1 aromatic rings. The molecule has 0 bridgehead atoms. The van der Waals surface area contributed by atoms with Crippen LogP contribution in [0.2, 0.25) is 0 Å². The quantitative estimate of drug-likeness (QED) is 0.787. The second-order valence-electron chi connectivity index (χ2n) is 5.11. The van der Waals surface area contributed by atoms with E-state index < -0.39 is 0 Å². The van der Waals surface area contributed by atoms with Crippen molar-refractivity contribution in [2.45, 2.75) is 44.7 Å². The molecule has 7 heteroatoms. The van der Waals surface area contributed by atoms with Gasteiger partial charge in [0.15, 0.2) is 0 Å². The molecule has 2 rings (SSSR count). The predicted molar refractivity (Wildman–Crippen MR) is 70.3 cm³/mol. The second-order valence-corrected chi connectivity index (χ2v) is 5.11. The maximum Gasteiger partial charge on any atom is 0.220 e. The summed E-state index contributed by atoms with van der Waals surface area (Å²) in [4.78, 5) is 14.1. The molecule has 0 saturated carbocycles. The first-order valence-corrected chi connectivity index (χ1v) is 6.93. The number of nitrogens with one attached hydrogen (secondary N) is 1. The fraction of sp³-hybridized carbons (Fsp3) is 0.833. The molecule has 1 fully saturated rings. The number of hydrogen-bond acceptors (Lipinski definition) is 5. The van der Waals surface area contributed by atoms with Crippen molar-refractivity contribution < 1.29 is 4.79 Å². The van der Waals surface area contributed by atoms with Crippen LogP contribution in [0.5, 0.6) is 0 Å². The summed E-state index contributed by atoms with van der Waals surface area (Å²) in [6, 6.07) is 0.497. The lowest BCUT2D eigenvalue weighted by Gasteiger charge is -2.32. The maximum atomic E-state index is 11.7. The van der Waals surface area contributed by atoms with Crippen molar-refractivity contribution in [3.63, 3.8) is 0 Å². The van der Waals surface area contributed by atoms with E-state index in [0.29, 0.717) is 19.0 Å². The van der Waals surface area contributed by atoms with Gasteiger partial charge in [-0.25, -0.2) is 4.68 Å². The van der Waals surface area contributed by atoms with E-state index >= 15 is 0 Å². The van der Waals surface area contributed by atoms with Gasteiger partial charge in [0.25, 0.3) is 0 Å². The number of aromatic nitrogens is 4. The fourth-order valence-corrected chi connectivity index (χ4v) is 2.41. The molecule has 0 unspecified atom stereocenters. The van der Waals surface area contributed by atoms with Gasteiger partial charge in [-0.15, -0.1) is 5.10 Å². The molecule has 0 radical (unpaired) electrons. The zero-order chi connectivity index (χ0) is 13.5. The number of carbonyl (C=O) groups is 1. The van der Waals surface area contributed by atoms with Crippen LogP contribution in [0.4, 0.5) is 0 Å². The number of likely N-dealkylation sites (tertiary alicyclic amines) is 1. The van der Waals surface area contributed by atoms with Crippen LogP contribution in [0, 0.1) is 0 Å². The van der Waals surface area contributed by atoms with Gasteiger partial charge in [-0.2, -0.15) is 0 Å². The first-order chi connectivity index (χ1) is 9.25. The molecule has 1 aliphatic heterocycles. The summed E-state index contributed by atoms with van der Waals surface area (Å²) < 4.78 is 1.64. The summed E-state index contributed by atoms with van der Waals surface area (Å²) in [6.45, 7) is 2.59. The number of nitrogens with zero attached hydrogens (tertiary/aromatic N) is 5. The molecule has 1 atom stereocenters. The lowest BCUT2D eigenvalue weighted by atomic mass is 10.0. The smallest absolute Gasteiger partial charge is 0.220 e. The molecule has 0 spiro atoms. The SMILES string of the molecule is CN1CCCC[C@H]1CNC(=O)CCCn1cnnn1. The van der Waals surface area contributed by atoms with Gasteiger partial charge in [0.2, 0.25) is 5.91 Å². The van der Waals surface area contributed by atoms with Gasteiger partial charge in [-0.1, -0.05) is 6.42 Å². The molecule has 0 aromatic carbocycles. The van der Waals surface area contributed by atoms with Gasteiger partial charge in [0, 0.05) is 25.6 Å². The Morgan fingerprint density at radius 1 is 1.47 bits per heavy atom. The molecule has 1 saturated heterocycles. The van der Waals surface area contributed by atoms with E-state index in [9.17, 15) is 4.79 Å². The number of hydrogen-bond donors (Lipinski definition) is 1. The van der Waals surface area contributed by atoms with Crippen LogP contribution in [0.3, 0.4) is 0 Å². The van der Waals surface area contributed by atoms with Crippen molar-refractivity contribution in [1.82, 2.24) is 30.4 Å². The average Bonchev–Trinajstić information content (AvgIpc) is 2.91. The summed E-state index contributed by atoms with van der Waals surface area (Å²) in [5.41, 5.74) is 0. The van der Waals surface area contributed by atoms with Crippen LogP contribution in [-0.4, -0.2) is 57.2 Å². The van der Waals surface area contributed by atoms with E-state index in [4.69, 9.17) is 0 Å². The minimum absolute atomic E-state index is 0.118. The summed E-state index contributed by atoms with van der Waals surface area (Å²) >= 11 is 0. The molecular formula is C12H22N6O. The third kappa shape index (κ3) is 4.59. The van der Waals surface area contributed by atoms with Crippen LogP contribution in [0.25, 0.3) is 0 Å². The number of amides is 1. The minimum atomic E-state index is 0.118. The Labute approximate surface area is 113 Å². The number of rotatable bonds is 6. The Hall–Kier alpha value is -1.50. The summed E-state index contributed by atoms with van der Waals surface area (Å²) in [5.74, 6) is 0.118. The van der Waals surface area contributed by atoms with Gasteiger partial charge in [-0.05, 0) is 43.3 Å². The summed E-state index contributed by atoms with van der Waals surface area (Å²) in [6.07, 6.45) is 6.57. The van der Waals surface area contributed by atoms with Gasteiger partial charge >= 0.3 is 0 Å². The fourth-order valence-electron chi connectivity index (χ4n) is 2.41. The Bertz CT molecular complexity index is 380. The number of piperidine rings is 1. The van der Waals surface area contributed by atoms with E-state index in [1.165, 1.54) is 19.3 Å². The first kappa shape index (κ1) is 13.9. The molecule has 1 aromatic heterocycles. The number of aryl methyl sites for hydroxylation is 1. The topological polar surface area (TPSA) is 75.9 Å². The van der Waals surface area contributed by atoms with Crippen molar-refractivity contribution >= 4 is 5.91 Å². The summed E-state index contributed by atoms with van der Waals surface area (Å²) in [5, 5.41) is 13.9. The normalized spacial score (nSPS) is 20.4. The molecule has 106 valence electrons. The van der Waals surface area contributed by atoms with Gasteiger partial charge in [0.1, 0.15) is 6.33 Å². The first-order valence-electron chi connectivity index (χ1n) is 6.93. The highest BCUT2D eigenvalue weighted by atomic mass is 16.1. The lowest BCUT2D eigenvalue weighted by Crippen LogP contribution is -2.44. The monoisotopic (exact) mass is 266 g/mol. The third-order valence-corrected chi connectivity index (χ3v) is 3.64. The van der Waals surface area contributed by atoms with Gasteiger partial charge < -0.3 is 10.2 Å². The Balaban J connectivity index is 1.59. The molecule has 19 heavy (non-hydrogen) atoms. The zero-order valence-electron chi connectivity index (χ0n) is 11.5. The van der Waals surface area contributed by atoms with Crippen molar-refractivity contribution in [3.05, 3.63) is 6.33 Å². The molecular weight excluding hydrogens is 244 g/mol. The van der Waals surface area contributed by atoms with E-state index in [0.717, 1.165) is 19.5 Å². The Kier molecular flexibility index (Phi) is 5.26. The van der Waals surface area contributed by atoms with Crippen LogP contribution in [0.1, 0.15) is 32.1 Å². The summed E-state index contributed by atoms with van der Waals surface area (Å²) in [7, 11) is 2.13. The van der Waals surface area contributed by atoms with Gasteiger partial charge in [0.05, 0.1) is 0 Å². The largest absolute Gasteiger partial charge is 0.355 e. The lowest BCUT2D eigenvalue weighted by molar-refractivity contribution is -0.121. The van der Waals surface area contributed by atoms with Crippen LogP contribution in [-0.2, 0) is 11.3 Å². The molecule has 2 heterocycles. The van der Waals surface area contributed by atoms with E-state index in [2.05, 4.69) is 32.8 Å². The van der Waals surface area contributed by atoms with Crippen molar-refractivity contribution in [2.24, 2.45) is 0 Å². The molecule has 1 aliphatic rings. The highest BCUT2D eigenvalue weighted by molar-refractivity contribution is 5.75. The highest BCUT2D eigenvalue weighted by Crippen LogP contribution is 2.13. The molecule has 7 nitrogen and oxygen atoms in total. The van der Waals surface area contributed by atoms with Crippen molar-refractivity contribution in [3.8, 4) is 0 Å². The van der Waals surface area contributed by atoms with E-state index in [1.807, 2.05) is 0 Å². The second kappa shape index (κ2) is 7.18. The van der Waals surface area contributed by atoms with E-state index in [-0.39, 0.29) is 5.91 Å². The Morgan fingerprint density at radius 2 is 2.37 bits per heavy atom. The average molecular weight is 266 g/mol.